The van der Waals surface area contributed by atoms with E-state index in [4.69, 9.17) is 9.47 Å². The number of ether oxygens (including phenoxy) is 2. The first-order valence-electron chi connectivity index (χ1n) is 16.9. The van der Waals surface area contributed by atoms with Gasteiger partial charge in [-0.05, 0) is 62.4 Å². The molecule has 0 heterocycles. The van der Waals surface area contributed by atoms with Gasteiger partial charge in [0, 0.05) is 48.5 Å². The minimum Gasteiger partial charge on any atom is -0.492 e. The predicted octanol–water partition coefficient (Wildman–Crippen LogP) is 5.36. The molecule has 0 aliphatic heterocycles. The van der Waals surface area contributed by atoms with E-state index in [1.54, 1.807) is 98.8 Å². The minimum absolute atomic E-state index is 0.241. The average Bonchev–Trinajstić information content (AvgIpc) is 3.16. The number of hydrogen-bond acceptors (Lipinski definition) is 10. The minimum atomic E-state index is -0.827. The third-order valence-electron chi connectivity index (χ3n) is 7.68. The Morgan fingerprint density at radius 2 is 0.870 bits per heavy atom. The maximum absolute atomic E-state index is 14.2. The molecular weight excluding hydrogens is 692 g/mol. The number of rotatable bonds is 14. The van der Waals surface area contributed by atoms with Gasteiger partial charge in [-0.1, -0.05) is 36.4 Å². The normalized spacial score (nSPS) is 12.4. The first-order valence-corrected chi connectivity index (χ1v) is 16.9. The first kappa shape index (κ1) is 38.0. The van der Waals surface area contributed by atoms with E-state index in [1.165, 1.54) is 26.0 Å². The second-order valence-electron chi connectivity index (χ2n) is 11.7. The largest absolute Gasteiger partial charge is 0.492 e. The van der Waals surface area contributed by atoms with Crippen LogP contribution < -0.4 is 41.4 Å². The summed E-state index contributed by atoms with van der Waals surface area (Å²) in [5.74, 6) is -3.15. The van der Waals surface area contributed by atoms with Crippen molar-refractivity contribution in [2.75, 3.05) is 34.5 Å². The van der Waals surface area contributed by atoms with Crippen molar-refractivity contribution >= 4 is 57.9 Å². The molecule has 0 atom stereocenters. The highest BCUT2D eigenvalue weighted by Gasteiger charge is 2.37. The van der Waals surface area contributed by atoms with Crippen LogP contribution >= 0.6 is 0 Å². The van der Waals surface area contributed by atoms with Crippen molar-refractivity contribution in [3.63, 3.8) is 0 Å². The molecule has 6 N–H and O–H groups in total. The van der Waals surface area contributed by atoms with E-state index in [2.05, 4.69) is 31.9 Å². The number of ketones is 2. The Kier molecular flexibility index (Phi) is 12.2. The fourth-order valence-electron chi connectivity index (χ4n) is 5.35. The third-order valence-corrected chi connectivity index (χ3v) is 7.68. The van der Waals surface area contributed by atoms with Crippen molar-refractivity contribution in [3.05, 3.63) is 131 Å². The Balaban J connectivity index is 1.48. The van der Waals surface area contributed by atoms with Gasteiger partial charge in [0.25, 0.3) is 11.8 Å². The lowest BCUT2D eigenvalue weighted by Gasteiger charge is -2.26. The van der Waals surface area contributed by atoms with Crippen LogP contribution in [-0.4, -0.2) is 48.4 Å². The summed E-state index contributed by atoms with van der Waals surface area (Å²) < 4.78 is 11.6. The lowest BCUT2D eigenvalue weighted by Crippen LogP contribution is -2.42. The van der Waals surface area contributed by atoms with E-state index in [9.17, 15) is 28.8 Å². The molecule has 4 aromatic rings. The van der Waals surface area contributed by atoms with Gasteiger partial charge in [0.05, 0.1) is 24.6 Å². The van der Waals surface area contributed by atoms with Crippen LogP contribution in [-0.2, 0) is 19.2 Å². The third kappa shape index (κ3) is 9.16. The lowest BCUT2D eigenvalue weighted by atomic mass is 9.97. The number of carbonyl (C=O) groups is 6. The summed E-state index contributed by atoms with van der Waals surface area (Å²) in [5.41, 5.74) is 0.651. The van der Waals surface area contributed by atoms with Gasteiger partial charge < -0.3 is 41.4 Å². The van der Waals surface area contributed by atoms with E-state index in [1.807, 2.05) is 0 Å². The molecule has 1 aliphatic carbocycles. The van der Waals surface area contributed by atoms with Crippen LogP contribution in [0.5, 0.6) is 11.5 Å². The van der Waals surface area contributed by atoms with Gasteiger partial charge in [-0.25, -0.2) is 0 Å². The summed E-state index contributed by atoms with van der Waals surface area (Å²) in [6.45, 7) is 6.35. The molecule has 0 radical (unpaired) electrons. The summed E-state index contributed by atoms with van der Waals surface area (Å²) in [6, 6.07) is 26.4. The molecule has 4 amide bonds. The molecule has 0 fully saturated rings. The smallest absolute Gasteiger partial charge is 0.255 e. The fourth-order valence-corrected chi connectivity index (χ4v) is 5.35. The maximum atomic E-state index is 14.2. The number of nitrogens with one attached hydrogen (secondary N) is 6. The van der Waals surface area contributed by atoms with Gasteiger partial charge >= 0.3 is 0 Å². The van der Waals surface area contributed by atoms with Gasteiger partial charge in [0.2, 0.25) is 23.4 Å². The van der Waals surface area contributed by atoms with Crippen LogP contribution in [0.25, 0.3) is 0 Å². The molecule has 276 valence electrons. The lowest BCUT2D eigenvalue weighted by molar-refractivity contribution is -0.122. The Morgan fingerprint density at radius 3 is 1.20 bits per heavy atom. The van der Waals surface area contributed by atoms with Crippen LogP contribution in [0, 0.1) is 0 Å². The maximum Gasteiger partial charge on any atom is 0.255 e. The Hall–Kier alpha value is -7.22. The van der Waals surface area contributed by atoms with Gasteiger partial charge in [-0.15, -0.1) is 0 Å². The Morgan fingerprint density at radius 1 is 0.500 bits per heavy atom. The summed E-state index contributed by atoms with van der Waals surface area (Å²) in [7, 11) is 0. The van der Waals surface area contributed by atoms with Gasteiger partial charge in [-0.2, -0.15) is 0 Å². The van der Waals surface area contributed by atoms with Crippen LogP contribution in [0.2, 0.25) is 0 Å². The fraction of sp³-hybridized carbons (Fsp3) is 0.150. The highest BCUT2D eigenvalue weighted by molar-refractivity contribution is 6.28. The van der Waals surface area contributed by atoms with Crippen LogP contribution in [0.15, 0.2) is 120 Å². The molecule has 54 heavy (non-hydrogen) atoms. The van der Waals surface area contributed by atoms with Crippen molar-refractivity contribution in [1.82, 2.24) is 10.6 Å². The monoisotopic (exact) mass is 730 g/mol. The van der Waals surface area contributed by atoms with Crippen molar-refractivity contribution in [1.29, 1.82) is 0 Å². The quantitative estimate of drug-likeness (QED) is 0.0921. The van der Waals surface area contributed by atoms with E-state index < -0.39 is 23.4 Å². The predicted molar refractivity (Wildman–Crippen MR) is 203 cm³/mol. The zero-order valence-electron chi connectivity index (χ0n) is 29.9. The number of carbonyl (C=O) groups excluding carboxylic acids is 6. The number of Topliss-reactive ketones (excluding diaryl/α,β-unsaturated/α-hetero) is 2. The summed E-state index contributed by atoms with van der Waals surface area (Å²) in [4.78, 5) is 78.8. The molecule has 0 bridgehead atoms. The van der Waals surface area contributed by atoms with E-state index >= 15 is 0 Å². The van der Waals surface area contributed by atoms with Gasteiger partial charge in [0.1, 0.15) is 34.3 Å². The SMILES string of the molecule is CCOc1cc(NC2=C(NC(C)=O)C(=O)C(Nc3ccc(NC(=O)c4ccccc4)c(OCC)c3)=C(NC(C)=O)C2=O)ccc1NC(=O)c1ccccc1. The Labute approximate surface area is 311 Å². The topological polar surface area (TPSA) is 193 Å². The van der Waals surface area contributed by atoms with Crippen molar-refractivity contribution in [3.8, 4) is 11.5 Å². The molecule has 14 nitrogen and oxygen atoms in total. The second-order valence-corrected chi connectivity index (χ2v) is 11.7. The van der Waals surface area contributed by atoms with E-state index in [-0.39, 0.29) is 70.7 Å². The van der Waals surface area contributed by atoms with E-state index in [0.717, 1.165) is 0 Å². The summed E-state index contributed by atoms with van der Waals surface area (Å²) in [5, 5.41) is 16.3. The number of hydrogen-bond donors (Lipinski definition) is 6. The summed E-state index contributed by atoms with van der Waals surface area (Å²) >= 11 is 0. The first-order chi connectivity index (χ1) is 26.0. The number of benzene rings is 4. The molecule has 5 rings (SSSR count). The van der Waals surface area contributed by atoms with Crippen molar-refractivity contribution < 1.29 is 38.2 Å². The molecule has 0 spiro atoms. The highest BCUT2D eigenvalue weighted by Crippen LogP contribution is 2.33. The molecule has 0 unspecified atom stereocenters. The zero-order chi connectivity index (χ0) is 38.8. The number of anilines is 4. The van der Waals surface area contributed by atoms with Crippen LogP contribution in [0.1, 0.15) is 48.4 Å². The zero-order valence-corrected chi connectivity index (χ0v) is 29.9. The highest BCUT2D eigenvalue weighted by atomic mass is 16.5. The van der Waals surface area contributed by atoms with Crippen molar-refractivity contribution in [2.24, 2.45) is 0 Å². The molecule has 0 saturated heterocycles. The molecule has 0 saturated carbocycles. The Bertz CT molecular complexity index is 2030. The summed E-state index contributed by atoms with van der Waals surface area (Å²) in [6.07, 6.45) is 0. The molecule has 1 aliphatic rings. The molecule has 4 aromatic carbocycles. The molecule has 14 heteroatoms. The standard InChI is InChI=1S/C40H38N6O8/c1-5-53-31-21-27(17-19-29(31)45-39(51)25-13-9-7-10-14-25)43-35-33(41-23(3)47)38(50)36(34(37(35)49)42-24(4)48)44-28-18-20-30(32(22-28)54-6-2)46-40(52)26-15-11-8-12-16-26/h7-22,43-44H,5-6H2,1-4H3,(H,41,47)(H,42,48)(H,45,51)(H,46,52). The second kappa shape index (κ2) is 17.3. The van der Waals surface area contributed by atoms with Crippen LogP contribution in [0.3, 0.4) is 0 Å². The molecular formula is C40H38N6O8. The van der Waals surface area contributed by atoms with Crippen LogP contribution in [0.4, 0.5) is 22.7 Å². The number of amides is 4. The van der Waals surface area contributed by atoms with Gasteiger partial charge in [0.15, 0.2) is 0 Å². The van der Waals surface area contributed by atoms with Crippen molar-refractivity contribution in [2.45, 2.75) is 27.7 Å². The van der Waals surface area contributed by atoms with E-state index in [0.29, 0.717) is 22.5 Å². The van der Waals surface area contributed by atoms with Gasteiger partial charge in [-0.3, -0.25) is 28.8 Å². The average molecular weight is 731 g/mol. The molecule has 0 aromatic heterocycles.